The molecule has 0 atom stereocenters. The smallest absolute Gasteiger partial charge is 0.00448 e. The Morgan fingerprint density at radius 1 is 1.00 bits per heavy atom. The highest BCUT2D eigenvalue weighted by molar-refractivity contribution is 4.77. The van der Waals surface area contributed by atoms with Gasteiger partial charge in [-0.1, -0.05) is 54.4 Å². The Morgan fingerprint density at radius 3 is 1.89 bits per heavy atom. The summed E-state index contributed by atoms with van der Waals surface area (Å²) >= 11 is 0. The number of hydrogen-bond acceptors (Lipinski definition) is 2. The van der Waals surface area contributed by atoms with Crippen LogP contribution in [0.1, 0.15) is 67.2 Å². The first kappa shape index (κ1) is 17.9. The number of nitrogens with one attached hydrogen (secondary N) is 1. The van der Waals surface area contributed by atoms with Crippen LogP contribution >= 0.6 is 0 Å². The van der Waals surface area contributed by atoms with Crippen LogP contribution in [-0.4, -0.2) is 37.1 Å². The lowest BCUT2D eigenvalue weighted by atomic mass is 9.92. The molecule has 0 saturated carbocycles. The third kappa shape index (κ3) is 9.90. The second-order valence-electron chi connectivity index (χ2n) is 6.68. The maximum absolute atomic E-state index is 3.58. The van der Waals surface area contributed by atoms with E-state index < -0.39 is 0 Å². The van der Waals surface area contributed by atoms with Gasteiger partial charge in [-0.25, -0.2) is 0 Å². The molecule has 18 heavy (non-hydrogen) atoms. The summed E-state index contributed by atoms with van der Waals surface area (Å²) < 4.78 is 0. The van der Waals surface area contributed by atoms with Crippen LogP contribution in [0.5, 0.6) is 0 Å². The molecule has 0 aromatic rings. The summed E-state index contributed by atoms with van der Waals surface area (Å²) in [5, 5.41) is 3.58. The Balaban J connectivity index is 4.15. The van der Waals surface area contributed by atoms with Crippen LogP contribution in [0.2, 0.25) is 0 Å². The van der Waals surface area contributed by atoms with Gasteiger partial charge in [0.15, 0.2) is 0 Å². The van der Waals surface area contributed by atoms with Crippen LogP contribution < -0.4 is 5.32 Å². The van der Waals surface area contributed by atoms with E-state index in [1.807, 2.05) is 0 Å². The topological polar surface area (TPSA) is 15.3 Å². The van der Waals surface area contributed by atoms with E-state index in [0.29, 0.717) is 11.5 Å². The first-order valence-corrected chi connectivity index (χ1v) is 7.87. The van der Waals surface area contributed by atoms with Crippen molar-refractivity contribution in [2.45, 2.75) is 73.3 Å². The zero-order valence-electron chi connectivity index (χ0n) is 13.7. The lowest BCUT2D eigenvalue weighted by Gasteiger charge is -2.33. The molecule has 0 radical (unpaired) electrons. The molecule has 0 unspecified atom stereocenters. The van der Waals surface area contributed by atoms with Gasteiger partial charge >= 0.3 is 0 Å². The van der Waals surface area contributed by atoms with Gasteiger partial charge in [-0.15, -0.1) is 0 Å². The number of nitrogens with zero attached hydrogens (tertiary/aromatic N) is 1. The molecule has 0 aromatic carbocycles. The van der Waals surface area contributed by atoms with E-state index in [1.54, 1.807) is 0 Å². The molecule has 0 aliphatic carbocycles. The summed E-state index contributed by atoms with van der Waals surface area (Å²) in [4.78, 5) is 2.66. The molecule has 110 valence electrons. The standard InChI is InChI=1S/C16H36N2/c1-7-9-11-18(12-10-8-2)14-16(5,6)13-17-15(3)4/h15,17H,7-14H2,1-6H3. The normalized spacial score (nSPS) is 12.7. The minimum absolute atomic E-state index is 0.367. The van der Waals surface area contributed by atoms with Crippen molar-refractivity contribution in [3.63, 3.8) is 0 Å². The molecule has 0 amide bonds. The van der Waals surface area contributed by atoms with Crippen LogP contribution in [-0.2, 0) is 0 Å². The number of hydrogen-bond donors (Lipinski definition) is 1. The van der Waals surface area contributed by atoms with Gasteiger partial charge in [0.05, 0.1) is 0 Å². The van der Waals surface area contributed by atoms with Crippen molar-refractivity contribution in [3.8, 4) is 0 Å². The van der Waals surface area contributed by atoms with Gasteiger partial charge in [0.25, 0.3) is 0 Å². The monoisotopic (exact) mass is 256 g/mol. The van der Waals surface area contributed by atoms with Gasteiger partial charge in [-0.05, 0) is 31.3 Å². The van der Waals surface area contributed by atoms with Gasteiger partial charge in [-0.2, -0.15) is 0 Å². The van der Waals surface area contributed by atoms with Crippen LogP contribution in [0, 0.1) is 5.41 Å². The van der Waals surface area contributed by atoms with E-state index >= 15 is 0 Å². The quantitative estimate of drug-likeness (QED) is 0.603. The van der Waals surface area contributed by atoms with Crippen LogP contribution in [0.25, 0.3) is 0 Å². The zero-order valence-corrected chi connectivity index (χ0v) is 13.7. The Hall–Kier alpha value is -0.0800. The second-order valence-corrected chi connectivity index (χ2v) is 6.68. The Labute approximate surface area is 116 Å². The summed E-state index contributed by atoms with van der Waals surface area (Å²) in [6.07, 6.45) is 5.26. The van der Waals surface area contributed by atoms with Crippen molar-refractivity contribution < 1.29 is 0 Å². The summed E-state index contributed by atoms with van der Waals surface area (Å²) in [6, 6.07) is 0.587. The number of unbranched alkanes of at least 4 members (excludes halogenated alkanes) is 2. The van der Waals surface area contributed by atoms with E-state index in [9.17, 15) is 0 Å². The van der Waals surface area contributed by atoms with Gasteiger partial charge in [0.2, 0.25) is 0 Å². The van der Waals surface area contributed by atoms with Crippen molar-refractivity contribution in [2.24, 2.45) is 5.41 Å². The van der Waals surface area contributed by atoms with Crippen LogP contribution in [0.15, 0.2) is 0 Å². The first-order chi connectivity index (χ1) is 8.41. The van der Waals surface area contributed by atoms with Crippen molar-refractivity contribution >= 4 is 0 Å². The Bertz CT molecular complexity index is 180. The summed E-state index contributed by atoms with van der Waals surface area (Å²) in [5.41, 5.74) is 0.367. The molecule has 0 spiro atoms. The molecule has 0 aliphatic rings. The molecule has 0 bridgehead atoms. The SMILES string of the molecule is CCCCN(CCCC)CC(C)(C)CNC(C)C. The maximum Gasteiger partial charge on any atom is 0.00448 e. The predicted molar refractivity (Wildman–Crippen MR) is 83.2 cm³/mol. The second kappa shape index (κ2) is 9.80. The average Bonchev–Trinajstić information content (AvgIpc) is 2.30. The first-order valence-electron chi connectivity index (χ1n) is 7.87. The van der Waals surface area contributed by atoms with E-state index in [4.69, 9.17) is 0 Å². The molecule has 0 saturated heterocycles. The van der Waals surface area contributed by atoms with Gasteiger partial charge in [0.1, 0.15) is 0 Å². The van der Waals surface area contributed by atoms with E-state index in [-0.39, 0.29) is 0 Å². The van der Waals surface area contributed by atoms with E-state index in [2.05, 4.69) is 51.8 Å². The lowest BCUT2D eigenvalue weighted by molar-refractivity contribution is 0.168. The number of rotatable bonds is 11. The molecule has 0 fully saturated rings. The van der Waals surface area contributed by atoms with Crippen molar-refractivity contribution in [1.82, 2.24) is 10.2 Å². The van der Waals surface area contributed by atoms with Crippen LogP contribution in [0.4, 0.5) is 0 Å². The van der Waals surface area contributed by atoms with Gasteiger partial charge in [0, 0.05) is 19.1 Å². The molecule has 2 heteroatoms. The fourth-order valence-corrected chi connectivity index (χ4v) is 2.18. The highest BCUT2D eigenvalue weighted by Crippen LogP contribution is 2.17. The van der Waals surface area contributed by atoms with Gasteiger partial charge < -0.3 is 10.2 Å². The molecule has 1 N–H and O–H groups in total. The minimum Gasteiger partial charge on any atom is -0.314 e. The van der Waals surface area contributed by atoms with Crippen molar-refractivity contribution in [1.29, 1.82) is 0 Å². The van der Waals surface area contributed by atoms with Gasteiger partial charge in [-0.3, -0.25) is 0 Å². The zero-order chi connectivity index (χ0) is 14.0. The largest absolute Gasteiger partial charge is 0.314 e. The summed E-state index contributed by atoms with van der Waals surface area (Å²) in [6.45, 7) is 18.6. The minimum atomic E-state index is 0.367. The maximum atomic E-state index is 3.58. The Morgan fingerprint density at radius 2 is 1.50 bits per heavy atom. The Kier molecular flexibility index (Phi) is 9.76. The molecule has 0 aliphatic heterocycles. The lowest BCUT2D eigenvalue weighted by Crippen LogP contribution is -2.42. The highest BCUT2D eigenvalue weighted by atomic mass is 15.1. The fraction of sp³-hybridized carbons (Fsp3) is 1.00. The molecular formula is C16H36N2. The molecule has 2 nitrogen and oxygen atoms in total. The van der Waals surface area contributed by atoms with Crippen molar-refractivity contribution in [2.75, 3.05) is 26.2 Å². The van der Waals surface area contributed by atoms with Crippen LogP contribution in [0.3, 0.4) is 0 Å². The third-order valence-electron chi connectivity index (χ3n) is 3.30. The fourth-order valence-electron chi connectivity index (χ4n) is 2.18. The highest BCUT2D eigenvalue weighted by Gasteiger charge is 2.21. The summed E-state index contributed by atoms with van der Waals surface area (Å²) in [7, 11) is 0. The van der Waals surface area contributed by atoms with E-state index in [0.717, 1.165) is 6.54 Å². The third-order valence-corrected chi connectivity index (χ3v) is 3.30. The van der Waals surface area contributed by atoms with Crippen molar-refractivity contribution in [3.05, 3.63) is 0 Å². The molecule has 0 aromatic heterocycles. The molecular weight excluding hydrogens is 220 g/mol. The molecule has 0 rings (SSSR count). The predicted octanol–water partition coefficient (Wildman–Crippen LogP) is 3.91. The average molecular weight is 256 g/mol. The summed E-state index contributed by atoms with van der Waals surface area (Å²) in [5.74, 6) is 0. The van der Waals surface area contributed by atoms with E-state index in [1.165, 1.54) is 45.3 Å². The molecule has 0 heterocycles.